The molecule has 0 fully saturated rings. The second-order valence-electron chi connectivity index (χ2n) is 4.34. The lowest BCUT2D eigenvalue weighted by molar-refractivity contribution is 0.262. The van der Waals surface area contributed by atoms with Gasteiger partial charge in [-0.05, 0) is 24.5 Å². The molecule has 0 aliphatic carbocycles. The number of hydrogen-bond acceptors (Lipinski definition) is 3. The van der Waals surface area contributed by atoms with Gasteiger partial charge in [0.2, 0.25) is 0 Å². The van der Waals surface area contributed by atoms with Crippen molar-refractivity contribution >= 4 is 25.8 Å². The molecule has 0 amide bonds. The van der Waals surface area contributed by atoms with Gasteiger partial charge in [0, 0.05) is 22.8 Å². The van der Waals surface area contributed by atoms with Gasteiger partial charge in [0.15, 0.2) is 0 Å². The summed E-state index contributed by atoms with van der Waals surface area (Å²) in [7, 11) is -2.98. The Labute approximate surface area is 117 Å². The molecule has 1 rings (SSSR count). The van der Waals surface area contributed by atoms with Crippen molar-refractivity contribution in [1.29, 1.82) is 0 Å². The number of sulfone groups is 1. The average Bonchev–Trinajstić information content (AvgIpc) is 2.32. The Bertz CT molecular complexity index is 471. The number of aliphatic hydroxyl groups is 1. The van der Waals surface area contributed by atoms with E-state index in [9.17, 15) is 13.5 Å². The zero-order valence-corrected chi connectivity index (χ0v) is 12.9. The molecule has 1 atom stereocenters. The van der Waals surface area contributed by atoms with E-state index in [1.807, 2.05) is 31.2 Å². The van der Waals surface area contributed by atoms with Gasteiger partial charge in [-0.1, -0.05) is 41.1 Å². The third-order valence-corrected chi connectivity index (χ3v) is 5.47. The fraction of sp³-hybridized carbons (Fsp3) is 0.538. The third-order valence-electron chi connectivity index (χ3n) is 2.86. The molecule has 0 bridgehead atoms. The summed E-state index contributed by atoms with van der Waals surface area (Å²) in [4.78, 5) is 0. The minimum Gasteiger partial charge on any atom is -0.396 e. The monoisotopic (exact) mass is 334 g/mol. The molecule has 0 spiro atoms. The predicted octanol–water partition coefficient (Wildman–Crippen LogP) is 2.74. The zero-order chi connectivity index (χ0) is 13.6. The van der Waals surface area contributed by atoms with Crippen LogP contribution in [0.5, 0.6) is 0 Å². The van der Waals surface area contributed by atoms with Crippen molar-refractivity contribution in [3.8, 4) is 0 Å². The minimum absolute atomic E-state index is 0.0374. The fourth-order valence-corrected chi connectivity index (χ4v) is 3.96. The smallest absolute Gasteiger partial charge is 0.150 e. The quantitative estimate of drug-likeness (QED) is 0.834. The van der Waals surface area contributed by atoms with Gasteiger partial charge >= 0.3 is 0 Å². The molecule has 0 saturated heterocycles. The second kappa shape index (κ2) is 7.26. The van der Waals surface area contributed by atoms with E-state index in [0.29, 0.717) is 12.8 Å². The maximum absolute atomic E-state index is 11.7. The highest BCUT2D eigenvalue weighted by Gasteiger charge is 2.17. The summed E-state index contributed by atoms with van der Waals surface area (Å²) in [5.74, 6) is 0.223. The first-order chi connectivity index (χ1) is 8.50. The van der Waals surface area contributed by atoms with Gasteiger partial charge in [0.05, 0.1) is 5.75 Å². The molecule has 0 saturated carbocycles. The molecule has 0 aliphatic heterocycles. The van der Waals surface area contributed by atoms with Gasteiger partial charge < -0.3 is 5.11 Å². The first kappa shape index (κ1) is 15.7. The zero-order valence-electron chi connectivity index (χ0n) is 10.5. The van der Waals surface area contributed by atoms with Crippen LogP contribution in [0.4, 0.5) is 0 Å². The first-order valence-electron chi connectivity index (χ1n) is 6.06. The highest BCUT2D eigenvalue weighted by atomic mass is 79.9. The minimum atomic E-state index is -2.98. The van der Waals surface area contributed by atoms with Crippen LogP contribution in [0.2, 0.25) is 0 Å². The van der Waals surface area contributed by atoms with E-state index in [0.717, 1.165) is 10.0 Å². The summed E-state index contributed by atoms with van der Waals surface area (Å²) in [5, 5.41) is 9.41. The van der Waals surface area contributed by atoms with Crippen molar-refractivity contribution in [3.63, 3.8) is 0 Å². The lowest BCUT2D eigenvalue weighted by Gasteiger charge is -2.16. The predicted molar refractivity (Wildman–Crippen MR) is 77.5 cm³/mol. The van der Waals surface area contributed by atoms with Crippen LogP contribution in [-0.2, 0) is 9.84 Å². The molecule has 3 nitrogen and oxygen atoms in total. The van der Waals surface area contributed by atoms with Crippen LogP contribution in [-0.4, -0.2) is 31.6 Å². The molecule has 1 N–H and O–H groups in total. The first-order valence-corrected chi connectivity index (χ1v) is 8.67. The maximum atomic E-state index is 11.7. The van der Waals surface area contributed by atoms with E-state index in [1.165, 1.54) is 0 Å². The molecular formula is C13H19BrO3S. The molecule has 0 radical (unpaired) electrons. The lowest BCUT2D eigenvalue weighted by Crippen LogP contribution is -2.15. The van der Waals surface area contributed by atoms with E-state index in [4.69, 9.17) is 0 Å². The van der Waals surface area contributed by atoms with Gasteiger partial charge in [-0.3, -0.25) is 0 Å². The maximum Gasteiger partial charge on any atom is 0.150 e. The molecule has 18 heavy (non-hydrogen) atoms. The molecule has 5 heteroatoms. The van der Waals surface area contributed by atoms with Crippen LogP contribution in [0.1, 0.15) is 31.2 Å². The van der Waals surface area contributed by atoms with E-state index in [-0.39, 0.29) is 24.0 Å². The highest BCUT2D eigenvalue weighted by Crippen LogP contribution is 2.27. The molecule has 0 aliphatic rings. The van der Waals surface area contributed by atoms with E-state index < -0.39 is 9.84 Å². The molecule has 102 valence electrons. The number of hydrogen-bond donors (Lipinski definition) is 1. The summed E-state index contributed by atoms with van der Waals surface area (Å²) in [6, 6.07) is 7.61. The SMILES string of the molecule is CCCS(=O)(=O)CCC(CO)c1ccccc1Br. The number of halogens is 1. The van der Waals surface area contributed by atoms with Crippen LogP contribution in [0.3, 0.4) is 0 Å². The van der Waals surface area contributed by atoms with E-state index in [2.05, 4.69) is 15.9 Å². The van der Waals surface area contributed by atoms with Crippen LogP contribution < -0.4 is 0 Å². The third kappa shape index (κ3) is 4.71. The topological polar surface area (TPSA) is 54.4 Å². The van der Waals surface area contributed by atoms with Crippen LogP contribution in [0.25, 0.3) is 0 Å². The van der Waals surface area contributed by atoms with Crippen LogP contribution in [0, 0.1) is 0 Å². The standard InChI is InChI=1S/C13H19BrO3S/c1-2-8-18(16,17)9-7-11(10-15)12-5-3-4-6-13(12)14/h3-6,11,15H,2,7-10H2,1H3. The molecule has 1 unspecified atom stereocenters. The second-order valence-corrected chi connectivity index (χ2v) is 7.50. The Morgan fingerprint density at radius 3 is 2.50 bits per heavy atom. The summed E-state index contributed by atoms with van der Waals surface area (Å²) >= 11 is 3.43. The fourth-order valence-electron chi connectivity index (χ4n) is 1.89. The Hall–Kier alpha value is -0.390. The van der Waals surface area contributed by atoms with Gasteiger partial charge in [-0.15, -0.1) is 0 Å². The van der Waals surface area contributed by atoms with Crippen LogP contribution >= 0.6 is 15.9 Å². The largest absolute Gasteiger partial charge is 0.396 e. The normalized spacial score (nSPS) is 13.5. The van der Waals surface area contributed by atoms with Crippen molar-refractivity contribution in [2.24, 2.45) is 0 Å². The molecule has 1 aromatic carbocycles. The molecular weight excluding hydrogens is 316 g/mol. The highest BCUT2D eigenvalue weighted by molar-refractivity contribution is 9.10. The van der Waals surface area contributed by atoms with E-state index in [1.54, 1.807) is 0 Å². The van der Waals surface area contributed by atoms with Crippen molar-refractivity contribution in [1.82, 2.24) is 0 Å². The Kier molecular flexibility index (Phi) is 6.32. The van der Waals surface area contributed by atoms with Crippen molar-refractivity contribution in [2.45, 2.75) is 25.7 Å². The van der Waals surface area contributed by atoms with E-state index >= 15 is 0 Å². The van der Waals surface area contributed by atoms with Gasteiger partial charge in [0.1, 0.15) is 9.84 Å². The summed E-state index contributed by atoms with van der Waals surface area (Å²) in [6.45, 7) is 1.82. The Morgan fingerprint density at radius 1 is 1.28 bits per heavy atom. The number of rotatable bonds is 7. The van der Waals surface area contributed by atoms with Crippen molar-refractivity contribution in [3.05, 3.63) is 34.3 Å². The van der Waals surface area contributed by atoms with Gasteiger partial charge in [-0.2, -0.15) is 0 Å². The molecule has 0 aromatic heterocycles. The number of benzene rings is 1. The lowest BCUT2D eigenvalue weighted by atomic mass is 9.98. The molecule has 0 heterocycles. The summed E-state index contributed by atoms with van der Waals surface area (Å²) in [5.41, 5.74) is 0.965. The van der Waals surface area contributed by atoms with Crippen LogP contribution in [0.15, 0.2) is 28.7 Å². The van der Waals surface area contributed by atoms with Crippen molar-refractivity contribution in [2.75, 3.05) is 18.1 Å². The Balaban J connectivity index is 2.72. The van der Waals surface area contributed by atoms with Gasteiger partial charge in [-0.25, -0.2) is 8.42 Å². The Morgan fingerprint density at radius 2 is 1.94 bits per heavy atom. The number of aliphatic hydroxyl groups excluding tert-OH is 1. The van der Waals surface area contributed by atoms with Crippen molar-refractivity contribution < 1.29 is 13.5 Å². The summed E-state index contributed by atoms with van der Waals surface area (Å²) < 4.78 is 24.3. The molecule has 1 aromatic rings. The van der Waals surface area contributed by atoms with Gasteiger partial charge in [0.25, 0.3) is 0 Å². The summed E-state index contributed by atoms with van der Waals surface area (Å²) in [6.07, 6.45) is 1.10. The average molecular weight is 335 g/mol.